The molecule has 1 aromatic carbocycles. The van der Waals surface area contributed by atoms with Gasteiger partial charge in [-0.2, -0.15) is 5.10 Å². The summed E-state index contributed by atoms with van der Waals surface area (Å²) in [5.74, 6) is 1.02. The van der Waals surface area contributed by atoms with Gasteiger partial charge in [-0.1, -0.05) is 13.0 Å². The quantitative estimate of drug-likeness (QED) is 0.552. The van der Waals surface area contributed by atoms with Crippen molar-refractivity contribution in [1.29, 1.82) is 0 Å². The number of morpholine rings is 1. The first kappa shape index (κ1) is 19.6. The van der Waals surface area contributed by atoms with Gasteiger partial charge in [0.05, 0.1) is 29.8 Å². The van der Waals surface area contributed by atoms with Gasteiger partial charge in [0.1, 0.15) is 11.9 Å². The second kappa shape index (κ2) is 9.21. The number of nitrogens with one attached hydrogen (secondary N) is 3. The summed E-state index contributed by atoms with van der Waals surface area (Å²) >= 11 is 1.61. The molecule has 0 aliphatic carbocycles. The summed E-state index contributed by atoms with van der Waals surface area (Å²) in [6.07, 6.45) is 0.893. The van der Waals surface area contributed by atoms with Gasteiger partial charge in [0.15, 0.2) is 5.82 Å². The topological polar surface area (TPSA) is 88.3 Å². The summed E-state index contributed by atoms with van der Waals surface area (Å²) in [4.78, 5) is 13.6. The highest BCUT2D eigenvalue weighted by Crippen LogP contribution is 2.24. The molecule has 0 bridgehead atoms. The van der Waals surface area contributed by atoms with Crippen molar-refractivity contribution in [3.63, 3.8) is 0 Å². The van der Waals surface area contributed by atoms with Crippen LogP contribution in [0.15, 0.2) is 47.8 Å². The summed E-state index contributed by atoms with van der Waals surface area (Å²) in [5.41, 5.74) is 1.43. The second-order valence-electron chi connectivity index (χ2n) is 6.82. The molecule has 7 nitrogen and oxygen atoms in total. The molecule has 152 valence electrons. The number of H-pyrrole nitrogens is 1. The van der Waals surface area contributed by atoms with Crippen molar-refractivity contribution in [3.8, 4) is 16.3 Å². The zero-order valence-corrected chi connectivity index (χ0v) is 17.0. The third-order valence-electron chi connectivity index (χ3n) is 4.81. The van der Waals surface area contributed by atoms with Crippen LogP contribution in [0.5, 0.6) is 5.75 Å². The van der Waals surface area contributed by atoms with E-state index in [1.165, 1.54) is 0 Å². The number of nitrogens with zero attached hydrogens (tertiary/aromatic N) is 1. The maximum absolute atomic E-state index is 12.5. The van der Waals surface area contributed by atoms with E-state index in [1.54, 1.807) is 23.5 Å². The Kier molecular flexibility index (Phi) is 6.24. The number of aromatic amines is 1. The molecule has 2 unspecified atom stereocenters. The van der Waals surface area contributed by atoms with Crippen molar-refractivity contribution in [3.05, 3.63) is 53.4 Å². The van der Waals surface area contributed by atoms with Crippen LogP contribution in [-0.4, -0.2) is 48.0 Å². The summed E-state index contributed by atoms with van der Waals surface area (Å²) in [7, 11) is 0. The first-order chi connectivity index (χ1) is 14.2. The Balaban J connectivity index is 1.36. The van der Waals surface area contributed by atoms with Crippen molar-refractivity contribution < 1.29 is 14.3 Å². The van der Waals surface area contributed by atoms with Gasteiger partial charge in [0, 0.05) is 18.2 Å². The van der Waals surface area contributed by atoms with Crippen LogP contribution in [-0.2, 0) is 4.74 Å². The van der Waals surface area contributed by atoms with Gasteiger partial charge in [-0.25, -0.2) is 0 Å². The smallest absolute Gasteiger partial charge is 0.256 e. The minimum absolute atomic E-state index is 0.0229. The SMILES string of the molecule is CCC(Oc1ccc(C(=O)Nc2cc(-c3cccs3)[nH]n2)cc1)C1COCCN1. The molecule has 1 aliphatic heterocycles. The fourth-order valence-electron chi connectivity index (χ4n) is 3.27. The number of hydrogen-bond acceptors (Lipinski definition) is 6. The zero-order chi connectivity index (χ0) is 20.1. The molecule has 4 rings (SSSR count). The van der Waals surface area contributed by atoms with Gasteiger partial charge in [-0.3, -0.25) is 9.89 Å². The van der Waals surface area contributed by atoms with E-state index < -0.39 is 0 Å². The van der Waals surface area contributed by atoms with E-state index in [0.29, 0.717) is 18.0 Å². The second-order valence-corrected chi connectivity index (χ2v) is 7.77. The van der Waals surface area contributed by atoms with Gasteiger partial charge in [-0.05, 0) is 42.1 Å². The molecular weight excluding hydrogens is 388 g/mol. The lowest BCUT2D eigenvalue weighted by atomic mass is 10.1. The number of aromatic nitrogens is 2. The first-order valence-corrected chi connectivity index (χ1v) is 10.6. The molecule has 1 aliphatic rings. The fraction of sp³-hybridized carbons (Fsp3) is 0.333. The highest BCUT2D eigenvalue weighted by atomic mass is 32.1. The number of ether oxygens (including phenoxy) is 2. The van der Waals surface area contributed by atoms with Gasteiger partial charge >= 0.3 is 0 Å². The van der Waals surface area contributed by atoms with E-state index in [0.717, 1.165) is 35.9 Å². The van der Waals surface area contributed by atoms with Crippen LogP contribution in [0.3, 0.4) is 0 Å². The third-order valence-corrected chi connectivity index (χ3v) is 5.71. The maximum Gasteiger partial charge on any atom is 0.256 e. The van der Waals surface area contributed by atoms with Crippen LogP contribution in [0.25, 0.3) is 10.6 Å². The largest absolute Gasteiger partial charge is 0.489 e. The molecule has 29 heavy (non-hydrogen) atoms. The Morgan fingerprint density at radius 2 is 2.24 bits per heavy atom. The van der Waals surface area contributed by atoms with E-state index >= 15 is 0 Å². The Bertz CT molecular complexity index is 918. The number of carbonyl (C=O) groups excluding carboxylic acids is 1. The van der Waals surface area contributed by atoms with E-state index in [4.69, 9.17) is 9.47 Å². The number of carbonyl (C=O) groups is 1. The first-order valence-electron chi connectivity index (χ1n) is 9.71. The molecule has 2 aromatic heterocycles. The molecule has 1 fully saturated rings. The van der Waals surface area contributed by atoms with E-state index in [-0.39, 0.29) is 18.1 Å². The molecular formula is C21H24N4O3S. The molecule has 3 N–H and O–H groups in total. The molecule has 8 heteroatoms. The monoisotopic (exact) mass is 412 g/mol. The summed E-state index contributed by atoms with van der Waals surface area (Å²) in [6, 6.07) is 13.1. The average molecular weight is 413 g/mol. The van der Waals surface area contributed by atoms with Crippen LogP contribution in [0.4, 0.5) is 5.82 Å². The van der Waals surface area contributed by atoms with Crippen molar-refractivity contribution >= 4 is 23.1 Å². The van der Waals surface area contributed by atoms with Gasteiger partial charge < -0.3 is 20.1 Å². The van der Waals surface area contributed by atoms with E-state index in [1.807, 2.05) is 35.7 Å². The Morgan fingerprint density at radius 1 is 1.38 bits per heavy atom. The van der Waals surface area contributed by atoms with Crippen molar-refractivity contribution in [2.75, 3.05) is 25.1 Å². The number of thiophene rings is 1. The molecule has 1 saturated heterocycles. The van der Waals surface area contributed by atoms with Crippen LogP contribution < -0.4 is 15.4 Å². The van der Waals surface area contributed by atoms with Crippen LogP contribution in [0.1, 0.15) is 23.7 Å². The number of benzene rings is 1. The normalized spacial score (nSPS) is 17.6. The van der Waals surface area contributed by atoms with E-state index in [2.05, 4.69) is 27.8 Å². The lowest BCUT2D eigenvalue weighted by molar-refractivity contribution is 0.0267. The Hall–Kier alpha value is -2.68. The zero-order valence-electron chi connectivity index (χ0n) is 16.2. The summed E-state index contributed by atoms with van der Waals surface area (Å²) in [5, 5.41) is 15.4. The number of amides is 1. The predicted molar refractivity (Wildman–Crippen MR) is 114 cm³/mol. The number of rotatable bonds is 7. The highest BCUT2D eigenvalue weighted by Gasteiger charge is 2.24. The standard InChI is InChI=1S/C21H24N4O3S/c1-2-18(17-13-27-10-9-22-17)28-15-7-5-14(6-8-15)21(26)23-20-12-16(24-25-20)19-4-3-11-29-19/h3-8,11-12,17-18,22H,2,9-10,13H2,1H3,(H2,23,24,25,26). The minimum Gasteiger partial charge on any atom is -0.489 e. The fourth-order valence-corrected chi connectivity index (χ4v) is 3.96. The van der Waals surface area contributed by atoms with Gasteiger partial charge in [0.2, 0.25) is 0 Å². The Labute approximate surface area is 173 Å². The Morgan fingerprint density at radius 3 is 2.93 bits per heavy atom. The molecule has 0 saturated carbocycles. The highest BCUT2D eigenvalue weighted by molar-refractivity contribution is 7.13. The molecule has 3 aromatic rings. The van der Waals surface area contributed by atoms with Crippen LogP contribution in [0, 0.1) is 0 Å². The maximum atomic E-state index is 12.5. The molecule has 0 spiro atoms. The summed E-state index contributed by atoms with van der Waals surface area (Å²) in [6.45, 7) is 4.32. The minimum atomic E-state index is -0.213. The predicted octanol–water partition coefficient (Wildman–Crippen LogP) is 3.54. The van der Waals surface area contributed by atoms with Crippen LogP contribution >= 0.6 is 11.3 Å². The molecule has 3 heterocycles. The number of hydrogen-bond donors (Lipinski definition) is 3. The summed E-state index contributed by atoms with van der Waals surface area (Å²) < 4.78 is 11.6. The third kappa shape index (κ3) is 4.84. The van der Waals surface area contributed by atoms with E-state index in [9.17, 15) is 4.79 Å². The van der Waals surface area contributed by atoms with Crippen molar-refractivity contribution in [2.24, 2.45) is 0 Å². The van der Waals surface area contributed by atoms with Crippen molar-refractivity contribution in [1.82, 2.24) is 15.5 Å². The molecule has 2 atom stereocenters. The van der Waals surface area contributed by atoms with Crippen molar-refractivity contribution in [2.45, 2.75) is 25.5 Å². The van der Waals surface area contributed by atoms with Gasteiger partial charge in [0.25, 0.3) is 5.91 Å². The lowest BCUT2D eigenvalue weighted by Gasteiger charge is -2.31. The molecule has 1 amide bonds. The average Bonchev–Trinajstić information content (AvgIpc) is 3.45. The van der Waals surface area contributed by atoms with Gasteiger partial charge in [-0.15, -0.1) is 11.3 Å². The lowest BCUT2D eigenvalue weighted by Crippen LogP contribution is -2.50. The van der Waals surface area contributed by atoms with Crippen LogP contribution in [0.2, 0.25) is 0 Å². The number of anilines is 1. The molecule has 0 radical (unpaired) electrons.